The topological polar surface area (TPSA) is 45.2 Å². The van der Waals surface area contributed by atoms with E-state index in [2.05, 4.69) is 33.7 Å². The molecule has 2 unspecified atom stereocenters. The average Bonchev–Trinajstić information content (AvgIpc) is 2.26. The Hall–Kier alpha value is -0.750. The summed E-state index contributed by atoms with van der Waals surface area (Å²) in [5.41, 5.74) is 0. The fraction of sp³-hybridized carbons (Fsp3) is 0.727. The van der Waals surface area contributed by atoms with Crippen LogP contribution < -0.4 is 9.80 Å². The molecule has 2 rings (SSSR count). The molecule has 2 heterocycles. The van der Waals surface area contributed by atoms with E-state index in [0.29, 0.717) is 22.4 Å². The van der Waals surface area contributed by atoms with Crippen molar-refractivity contribution in [3.8, 4) is 0 Å². The van der Waals surface area contributed by atoms with Gasteiger partial charge in [-0.05, 0) is 11.6 Å². The van der Waals surface area contributed by atoms with Crippen molar-refractivity contribution >= 4 is 35.3 Å². The summed E-state index contributed by atoms with van der Waals surface area (Å²) in [6, 6.07) is 0. The summed E-state index contributed by atoms with van der Waals surface area (Å²) < 4.78 is 0. The lowest BCUT2D eigenvalue weighted by molar-refractivity contribution is 0.702. The lowest BCUT2D eigenvalue weighted by Gasteiger charge is -2.34. The molecule has 0 spiro atoms. The van der Waals surface area contributed by atoms with E-state index in [4.69, 9.17) is 11.6 Å². The number of halogens is 1. The molecule has 1 saturated heterocycles. The van der Waals surface area contributed by atoms with Crippen LogP contribution >= 0.6 is 23.4 Å². The molecular weight excluding hydrogens is 270 g/mol. The summed E-state index contributed by atoms with van der Waals surface area (Å²) in [6.45, 7) is 6.34. The highest BCUT2D eigenvalue weighted by atomic mass is 35.5. The largest absolute Gasteiger partial charge is 0.347 e. The molecule has 2 atom stereocenters. The highest BCUT2D eigenvalue weighted by Crippen LogP contribution is 2.27. The van der Waals surface area contributed by atoms with E-state index in [1.165, 1.54) is 0 Å². The first-order chi connectivity index (χ1) is 8.45. The van der Waals surface area contributed by atoms with Crippen molar-refractivity contribution in [2.75, 3.05) is 37.0 Å². The molecule has 7 heteroatoms. The molecule has 1 aliphatic rings. The van der Waals surface area contributed by atoms with Crippen LogP contribution in [0, 0.1) is 0 Å². The number of aromatic nitrogens is 3. The third kappa shape index (κ3) is 3.17. The van der Waals surface area contributed by atoms with Crippen LogP contribution in [-0.2, 0) is 0 Å². The molecule has 0 radical (unpaired) electrons. The standard InChI is InChI=1S/C11H18ClN5S/c1-7-5-17(6-8(2)18-7)11-14-9(12)13-10(15-11)16(3)4/h7-8H,5-6H2,1-4H3. The van der Waals surface area contributed by atoms with Crippen molar-refractivity contribution in [2.45, 2.75) is 24.3 Å². The number of hydrogen-bond acceptors (Lipinski definition) is 6. The molecule has 18 heavy (non-hydrogen) atoms. The van der Waals surface area contributed by atoms with Crippen LogP contribution in [-0.4, -0.2) is 52.6 Å². The van der Waals surface area contributed by atoms with Gasteiger partial charge in [0.1, 0.15) is 0 Å². The molecule has 0 amide bonds. The highest BCUT2D eigenvalue weighted by Gasteiger charge is 2.25. The van der Waals surface area contributed by atoms with Gasteiger partial charge in [-0.15, -0.1) is 0 Å². The van der Waals surface area contributed by atoms with E-state index in [1.54, 1.807) is 0 Å². The minimum Gasteiger partial charge on any atom is -0.347 e. The minimum atomic E-state index is 0.252. The van der Waals surface area contributed by atoms with Crippen LogP contribution in [0.2, 0.25) is 5.28 Å². The Kier molecular flexibility index (Phi) is 4.17. The predicted octanol–water partition coefficient (Wildman–Crippen LogP) is 1.92. The fourth-order valence-electron chi connectivity index (χ4n) is 2.01. The summed E-state index contributed by atoms with van der Waals surface area (Å²) in [5, 5.41) is 1.40. The maximum Gasteiger partial charge on any atom is 0.231 e. The normalized spacial score (nSPS) is 24.2. The third-order valence-corrected chi connectivity index (χ3v) is 4.08. The molecule has 0 aliphatic carbocycles. The second-order valence-corrected chi connectivity index (χ2v) is 6.98. The molecule has 100 valence electrons. The Balaban J connectivity index is 2.26. The van der Waals surface area contributed by atoms with Crippen LogP contribution in [0.3, 0.4) is 0 Å². The molecular formula is C11H18ClN5S. The summed E-state index contributed by atoms with van der Waals surface area (Å²) in [5.74, 6) is 1.28. The minimum absolute atomic E-state index is 0.252. The van der Waals surface area contributed by atoms with Gasteiger partial charge in [0.2, 0.25) is 17.2 Å². The van der Waals surface area contributed by atoms with E-state index in [-0.39, 0.29) is 5.28 Å². The first kappa shape index (κ1) is 13.7. The van der Waals surface area contributed by atoms with Gasteiger partial charge in [-0.25, -0.2) is 0 Å². The van der Waals surface area contributed by atoms with Crippen molar-refractivity contribution < 1.29 is 0 Å². The Morgan fingerprint density at radius 3 is 2.33 bits per heavy atom. The van der Waals surface area contributed by atoms with E-state index in [9.17, 15) is 0 Å². The molecule has 1 aromatic rings. The molecule has 5 nitrogen and oxygen atoms in total. The van der Waals surface area contributed by atoms with Crippen LogP contribution in [0.4, 0.5) is 11.9 Å². The fourth-order valence-corrected chi connectivity index (χ4v) is 3.49. The number of anilines is 2. The first-order valence-electron chi connectivity index (χ1n) is 5.95. The van der Waals surface area contributed by atoms with E-state index in [0.717, 1.165) is 13.1 Å². The lowest BCUT2D eigenvalue weighted by atomic mass is 10.3. The third-order valence-electron chi connectivity index (χ3n) is 2.69. The number of nitrogens with zero attached hydrogens (tertiary/aromatic N) is 5. The van der Waals surface area contributed by atoms with E-state index < -0.39 is 0 Å². The SMILES string of the molecule is CC1CN(c2nc(Cl)nc(N(C)C)n2)CC(C)S1. The summed E-state index contributed by atoms with van der Waals surface area (Å²) in [7, 11) is 3.79. The van der Waals surface area contributed by atoms with Gasteiger partial charge in [0.15, 0.2) is 0 Å². The summed E-state index contributed by atoms with van der Waals surface area (Å²) in [6.07, 6.45) is 0. The second-order valence-electron chi connectivity index (χ2n) is 4.76. The Morgan fingerprint density at radius 1 is 1.17 bits per heavy atom. The van der Waals surface area contributed by atoms with Crippen LogP contribution in [0.25, 0.3) is 0 Å². The van der Waals surface area contributed by atoms with Crippen molar-refractivity contribution in [3.05, 3.63) is 5.28 Å². The van der Waals surface area contributed by atoms with E-state index >= 15 is 0 Å². The van der Waals surface area contributed by atoms with Gasteiger partial charge in [0.05, 0.1) is 0 Å². The monoisotopic (exact) mass is 287 g/mol. The van der Waals surface area contributed by atoms with Crippen LogP contribution in [0.1, 0.15) is 13.8 Å². The molecule has 0 saturated carbocycles. The molecule has 0 aromatic carbocycles. The van der Waals surface area contributed by atoms with Gasteiger partial charge in [0.25, 0.3) is 0 Å². The zero-order valence-electron chi connectivity index (χ0n) is 11.1. The second kappa shape index (κ2) is 5.48. The Morgan fingerprint density at radius 2 is 1.78 bits per heavy atom. The van der Waals surface area contributed by atoms with Gasteiger partial charge in [-0.2, -0.15) is 26.7 Å². The first-order valence-corrected chi connectivity index (χ1v) is 7.27. The van der Waals surface area contributed by atoms with Crippen molar-refractivity contribution in [2.24, 2.45) is 0 Å². The average molecular weight is 288 g/mol. The molecule has 0 N–H and O–H groups in total. The molecule has 1 aliphatic heterocycles. The van der Waals surface area contributed by atoms with Crippen LogP contribution in [0.5, 0.6) is 0 Å². The quantitative estimate of drug-likeness (QED) is 0.828. The number of rotatable bonds is 2. The van der Waals surface area contributed by atoms with Crippen molar-refractivity contribution in [1.82, 2.24) is 15.0 Å². The van der Waals surface area contributed by atoms with Crippen LogP contribution in [0.15, 0.2) is 0 Å². The smallest absolute Gasteiger partial charge is 0.231 e. The zero-order chi connectivity index (χ0) is 13.3. The molecule has 0 bridgehead atoms. The van der Waals surface area contributed by atoms with Gasteiger partial charge >= 0.3 is 0 Å². The van der Waals surface area contributed by atoms with E-state index in [1.807, 2.05) is 30.8 Å². The maximum absolute atomic E-state index is 5.97. The Labute approximate surface area is 117 Å². The van der Waals surface area contributed by atoms with Gasteiger partial charge < -0.3 is 9.80 Å². The number of thioether (sulfide) groups is 1. The zero-order valence-corrected chi connectivity index (χ0v) is 12.7. The van der Waals surface area contributed by atoms with Gasteiger partial charge in [-0.3, -0.25) is 0 Å². The highest BCUT2D eigenvalue weighted by molar-refractivity contribution is 8.00. The molecule has 1 aromatic heterocycles. The van der Waals surface area contributed by atoms with Crippen molar-refractivity contribution in [1.29, 1.82) is 0 Å². The maximum atomic E-state index is 5.97. The molecule has 1 fully saturated rings. The lowest BCUT2D eigenvalue weighted by Crippen LogP contribution is -2.41. The van der Waals surface area contributed by atoms with Gasteiger partial charge in [0, 0.05) is 37.7 Å². The summed E-state index contributed by atoms with van der Waals surface area (Å²) >= 11 is 7.96. The summed E-state index contributed by atoms with van der Waals surface area (Å²) in [4.78, 5) is 16.8. The number of hydrogen-bond donors (Lipinski definition) is 0. The van der Waals surface area contributed by atoms with Crippen molar-refractivity contribution in [3.63, 3.8) is 0 Å². The Bertz CT molecular complexity index is 418. The van der Waals surface area contributed by atoms with Gasteiger partial charge in [-0.1, -0.05) is 13.8 Å². The predicted molar refractivity (Wildman–Crippen MR) is 77.9 cm³/mol.